The van der Waals surface area contributed by atoms with E-state index in [4.69, 9.17) is 10.3 Å². The van der Waals surface area contributed by atoms with Gasteiger partial charge in [-0.3, -0.25) is 0 Å². The minimum atomic E-state index is -0.350. The summed E-state index contributed by atoms with van der Waals surface area (Å²) in [4.78, 5) is 16.3. The normalized spacial score (nSPS) is 10.8. The van der Waals surface area contributed by atoms with Crippen LogP contribution < -0.4 is 16.4 Å². The van der Waals surface area contributed by atoms with E-state index >= 15 is 0 Å². The lowest BCUT2D eigenvalue weighted by atomic mass is 10.3. The van der Waals surface area contributed by atoms with Gasteiger partial charge in [0.2, 0.25) is 11.7 Å². The zero-order chi connectivity index (χ0) is 21.8. The first kappa shape index (κ1) is 20.5. The van der Waals surface area contributed by atoms with Crippen LogP contribution >= 0.6 is 15.9 Å². The Balaban J connectivity index is 1.35. The van der Waals surface area contributed by atoms with Gasteiger partial charge in [0.05, 0.1) is 17.4 Å². The van der Waals surface area contributed by atoms with Crippen molar-refractivity contribution in [3.05, 3.63) is 70.9 Å². The predicted octanol–water partition coefficient (Wildman–Crippen LogP) is 3.77. The number of nitrogen functional groups attached to an aromatic ring is 1. The Kier molecular flexibility index (Phi) is 5.94. The van der Waals surface area contributed by atoms with Gasteiger partial charge in [-0.15, -0.1) is 0 Å². The van der Waals surface area contributed by atoms with Gasteiger partial charge in [0.25, 0.3) is 0 Å². The van der Waals surface area contributed by atoms with E-state index in [0.29, 0.717) is 41.6 Å². The smallest absolute Gasteiger partial charge is 0.319 e. The number of amides is 2. The maximum absolute atomic E-state index is 13.1. The Bertz CT molecular complexity index is 1190. The Morgan fingerprint density at radius 3 is 2.65 bits per heavy atom. The van der Waals surface area contributed by atoms with Crippen LogP contribution in [-0.4, -0.2) is 32.5 Å². The Morgan fingerprint density at radius 1 is 1.16 bits per heavy atom. The summed E-state index contributed by atoms with van der Waals surface area (Å²) >= 11 is 3.34. The van der Waals surface area contributed by atoms with Crippen LogP contribution in [0.15, 0.2) is 63.7 Å². The first-order valence-electron chi connectivity index (χ1n) is 9.22. The molecule has 4 rings (SSSR count). The zero-order valence-electron chi connectivity index (χ0n) is 16.0. The van der Waals surface area contributed by atoms with Gasteiger partial charge in [-0.05, 0) is 48.5 Å². The van der Waals surface area contributed by atoms with Gasteiger partial charge in [0, 0.05) is 23.1 Å². The topological polar surface area (TPSA) is 124 Å². The Hall–Kier alpha value is -3.73. The Labute approximate surface area is 184 Å². The minimum Gasteiger partial charge on any atom is -0.383 e. The van der Waals surface area contributed by atoms with Crippen molar-refractivity contribution in [3.63, 3.8) is 0 Å². The molecule has 2 aromatic carbocycles. The van der Waals surface area contributed by atoms with Gasteiger partial charge in [-0.25, -0.2) is 13.9 Å². The zero-order valence-corrected chi connectivity index (χ0v) is 17.6. The summed E-state index contributed by atoms with van der Waals surface area (Å²) in [5.74, 6) is 0.565. The van der Waals surface area contributed by atoms with Crippen molar-refractivity contribution in [3.8, 4) is 17.1 Å². The fourth-order valence-electron chi connectivity index (χ4n) is 2.78. The van der Waals surface area contributed by atoms with Crippen molar-refractivity contribution in [1.82, 2.24) is 25.2 Å². The van der Waals surface area contributed by atoms with E-state index in [1.54, 1.807) is 24.3 Å². The highest BCUT2D eigenvalue weighted by molar-refractivity contribution is 9.10. The standard InChI is InChI=1S/C20H17BrFN7O2/c21-12-1-5-14(6-2-12)26-20(30)24-10-9-17-27-19(28-31-17)16-11-25-29(18(16)23)15-7-3-13(22)4-8-15/h1-8,11H,9-10,23H2,(H2,24,26,30). The summed E-state index contributed by atoms with van der Waals surface area (Å²) < 4.78 is 20.7. The number of nitrogens with zero attached hydrogens (tertiary/aromatic N) is 4. The molecule has 2 amide bonds. The van der Waals surface area contributed by atoms with Crippen LogP contribution in [0.1, 0.15) is 5.89 Å². The maximum atomic E-state index is 13.1. The number of benzene rings is 2. The number of anilines is 2. The molecule has 0 spiro atoms. The molecule has 4 aromatic rings. The van der Waals surface area contributed by atoms with E-state index < -0.39 is 0 Å². The maximum Gasteiger partial charge on any atom is 0.319 e. The van der Waals surface area contributed by atoms with E-state index in [1.165, 1.54) is 23.0 Å². The molecule has 0 aliphatic rings. The number of rotatable bonds is 6. The summed E-state index contributed by atoms with van der Waals surface area (Å²) in [6, 6.07) is 12.7. The summed E-state index contributed by atoms with van der Waals surface area (Å²) in [6.45, 7) is 0.300. The minimum absolute atomic E-state index is 0.278. The van der Waals surface area contributed by atoms with Crippen LogP contribution in [0.5, 0.6) is 0 Å². The number of halogens is 2. The molecule has 0 aliphatic carbocycles. The number of aromatic nitrogens is 4. The highest BCUT2D eigenvalue weighted by Crippen LogP contribution is 2.25. The second kappa shape index (κ2) is 8.96. The lowest BCUT2D eigenvalue weighted by molar-refractivity contribution is 0.252. The highest BCUT2D eigenvalue weighted by Gasteiger charge is 2.17. The lowest BCUT2D eigenvalue weighted by Crippen LogP contribution is -2.30. The lowest BCUT2D eigenvalue weighted by Gasteiger charge is -2.06. The number of carbonyl (C=O) groups excluding carboxylic acids is 1. The van der Waals surface area contributed by atoms with Gasteiger partial charge in [0.1, 0.15) is 11.6 Å². The van der Waals surface area contributed by atoms with Crippen LogP contribution in [0.3, 0.4) is 0 Å². The summed E-state index contributed by atoms with van der Waals surface area (Å²) in [7, 11) is 0. The highest BCUT2D eigenvalue weighted by atomic mass is 79.9. The van der Waals surface area contributed by atoms with Crippen molar-refractivity contribution in [1.29, 1.82) is 0 Å². The third kappa shape index (κ3) is 4.89. The first-order chi connectivity index (χ1) is 15.0. The van der Waals surface area contributed by atoms with Gasteiger partial charge in [-0.1, -0.05) is 21.1 Å². The monoisotopic (exact) mass is 485 g/mol. The molecule has 4 N–H and O–H groups in total. The Morgan fingerprint density at radius 2 is 1.90 bits per heavy atom. The van der Waals surface area contributed by atoms with Crippen LogP contribution in [0.4, 0.5) is 20.7 Å². The third-order valence-corrected chi connectivity index (χ3v) is 4.84. The van der Waals surface area contributed by atoms with Crippen LogP contribution in [0.2, 0.25) is 0 Å². The van der Waals surface area contributed by atoms with E-state index in [0.717, 1.165) is 4.47 Å². The molecule has 0 radical (unpaired) electrons. The molecule has 0 aliphatic heterocycles. The molecular weight excluding hydrogens is 469 g/mol. The number of nitrogens with two attached hydrogens (primary N) is 1. The predicted molar refractivity (Wildman–Crippen MR) is 116 cm³/mol. The molecule has 0 unspecified atom stereocenters. The average molecular weight is 486 g/mol. The molecule has 2 heterocycles. The molecule has 0 fully saturated rings. The fraction of sp³-hybridized carbons (Fsp3) is 0.100. The van der Waals surface area contributed by atoms with Crippen molar-refractivity contribution in [2.45, 2.75) is 6.42 Å². The molecule has 31 heavy (non-hydrogen) atoms. The number of carbonyl (C=O) groups is 1. The summed E-state index contributed by atoms with van der Waals surface area (Å²) in [5.41, 5.74) is 7.92. The van der Waals surface area contributed by atoms with Gasteiger partial charge in [-0.2, -0.15) is 10.1 Å². The number of urea groups is 1. The van der Waals surface area contributed by atoms with Gasteiger partial charge >= 0.3 is 6.03 Å². The fourth-order valence-corrected chi connectivity index (χ4v) is 3.04. The van der Waals surface area contributed by atoms with Crippen LogP contribution in [0.25, 0.3) is 17.1 Å². The summed E-state index contributed by atoms with van der Waals surface area (Å²) in [5, 5.41) is 13.6. The number of nitrogens with one attached hydrogen (secondary N) is 2. The van der Waals surface area contributed by atoms with Gasteiger partial charge < -0.3 is 20.9 Å². The molecule has 11 heteroatoms. The van der Waals surface area contributed by atoms with Crippen molar-refractivity contribution < 1.29 is 13.7 Å². The first-order valence-corrected chi connectivity index (χ1v) is 10.0. The molecule has 0 bridgehead atoms. The van der Waals surface area contributed by atoms with Crippen LogP contribution in [-0.2, 0) is 6.42 Å². The molecule has 2 aromatic heterocycles. The average Bonchev–Trinajstić information content (AvgIpc) is 3.37. The second-order valence-electron chi connectivity index (χ2n) is 6.48. The van der Waals surface area contributed by atoms with Crippen molar-refractivity contribution in [2.24, 2.45) is 0 Å². The van der Waals surface area contributed by atoms with E-state index in [-0.39, 0.29) is 17.7 Å². The molecule has 9 nitrogen and oxygen atoms in total. The molecule has 0 saturated heterocycles. The quantitative estimate of drug-likeness (QED) is 0.381. The largest absolute Gasteiger partial charge is 0.383 e. The second-order valence-corrected chi connectivity index (χ2v) is 7.40. The van der Waals surface area contributed by atoms with E-state index in [9.17, 15) is 9.18 Å². The third-order valence-electron chi connectivity index (χ3n) is 4.31. The summed E-state index contributed by atoms with van der Waals surface area (Å²) in [6.07, 6.45) is 1.85. The van der Waals surface area contributed by atoms with Crippen molar-refractivity contribution >= 4 is 33.5 Å². The molecular formula is C20H17BrFN7O2. The van der Waals surface area contributed by atoms with E-state index in [2.05, 4.69) is 41.8 Å². The molecule has 158 valence electrons. The number of hydrogen-bond acceptors (Lipinski definition) is 6. The van der Waals surface area contributed by atoms with E-state index in [1.807, 2.05) is 12.1 Å². The SMILES string of the molecule is Nc1c(-c2noc(CCNC(=O)Nc3ccc(Br)cc3)n2)cnn1-c1ccc(F)cc1. The van der Waals surface area contributed by atoms with Crippen molar-refractivity contribution in [2.75, 3.05) is 17.6 Å². The van der Waals surface area contributed by atoms with Crippen LogP contribution in [0, 0.1) is 5.82 Å². The molecule has 0 atom stereocenters. The number of hydrogen-bond donors (Lipinski definition) is 3. The van der Waals surface area contributed by atoms with Gasteiger partial charge in [0.15, 0.2) is 0 Å². The molecule has 0 saturated carbocycles.